The van der Waals surface area contributed by atoms with E-state index in [0.29, 0.717) is 17.4 Å². The van der Waals surface area contributed by atoms with Gasteiger partial charge in [-0.1, -0.05) is 33.8 Å². The fourth-order valence-electron chi connectivity index (χ4n) is 2.96. The van der Waals surface area contributed by atoms with E-state index in [1.807, 2.05) is 32.9 Å². The summed E-state index contributed by atoms with van der Waals surface area (Å²) in [6.45, 7) is 14.4. The molecule has 3 unspecified atom stereocenters. The maximum absolute atomic E-state index is 13.3. The molecule has 5 heteroatoms. The third-order valence-electron chi connectivity index (χ3n) is 5.65. The van der Waals surface area contributed by atoms with E-state index in [9.17, 15) is 9.59 Å². The van der Waals surface area contributed by atoms with Gasteiger partial charge in [-0.3, -0.25) is 9.59 Å². The molecule has 0 saturated carbocycles. The van der Waals surface area contributed by atoms with Gasteiger partial charge in [0.05, 0.1) is 6.10 Å². The summed E-state index contributed by atoms with van der Waals surface area (Å²) in [5.41, 5.74) is 2.99. The monoisotopic (exact) mass is 405 g/mol. The van der Waals surface area contributed by atoms with E-state index in [2.05, 4.69) is 33.8 Å². The van der Waals surface area contributed by atoms with Gasteiger partial charge in [0.25, 0.3) is 5.91 Å². The first-order valence-electron chi connectivity index (χ1n) is 10.8. The summed E-state index contributed by atoms with van der Waals surface area (Å²) in [5.74, 6) is 0.194. The van der Waals surface area contributed by atoms with E-state index < -0.39 is 5.97 Å². The quantitative estimate of drug-likeness (QED) is 0.478. The van der Waals surface area contributed by atoms with Crippen LogP contribution in [0.1, 0.15) is 94.6 Å². The highest BCUT2D eigenvalue weighted by Crippen LogP contribution is 2.28. The second-order valence-corrected chi connectivity index (χ2v) is 8.26. The number of nitrogens with zero attached hydrogens (tertiary/aromatic N) is 1. The number of hydrogen-bond donors (Lipinski definition) is 0. The number of hydrogen-bond acceptors (Lipinski definition) is 4. The van der Waals surface area contributed by atoms with Crippen LogP contribution in [0.5, 0.6) is 0 Å². The molecule has 1 amide bonds. The van der Waals surface area contributed by atoms with Crippen molar-refractivity contribution < 1.29 is 19.1 Å². The van der Waals surface area contributed by atoms with Gasteiger partial charge < -0.3 is 14.4 Å². The summed E-state index contributed by atoms with van der Waals surface area (Å²) in [4.78, 5) is 27.2. The lowest BCUT2D eigenvalue weighted by atomic mass is 9.89. The van der Waals surface area contributed by atoms with Crippen LogP contribution in [0.4, 0.5) is 0 Å². The van der Waals surface area contributed by atoms with Gasteiger partial charge in [0, 0.05) is 18.7 Å². The summed E-state index contributed by atoms with van der Waals surface area (Å²) in [7, 11) is 1.57. The van der Waals surface area contributed by atoms with Crippen LogP contribution < -0.4 is 0 Å². The predicted molar refractivity (Wildman–Crippen MR) is 117 cm³/mol. The van der Waals surface area contributed by atoms with Crippen LogP contribution in [0.25, 0.3) is 0 Å². The van der Waals surface area contributed by atoms with Crippen LogP contribution in [0, 0.1) is 0 Å². The first-order chi connectivity index (χ1) is 13.6. The normalized spacial score (nSPS) is 14.4. The molecule has 1 aromatic rings. The number of carbonyl (C=O) groups excluding carboxylic acids is 2. The van der Waals surface area contributed by atoms with Crippen LogP contribution in [0.15, 0.2) is 18.2 Å². The number of esters is 1. The molecule has 0 bridgehead atoms. The minimum absolute atomic E-state index is 0.0703. The average Bonchev–Trinajstić information content (AvgIpc) is 2.73. The van der Waals surface area contributed by atoms with Crippen molar-refractivity contribution in [2.24, 2.45) is 0 Å². The van der Waals surface area contributed by atoms with Gasteiger partial charge in [0.1, 0.15) is 13.2 Å². The Hall–Kier alpha value is -1.88. The van der Waals surface area contributed by atoms with Crippen LogP contribution >= 0.6 is 0 Å². The number of rotatable bonds is 11. The van der Waals surface area contributed by atoms with Crippen molar-refractivity contribution in [3.05, 3.63) is 34.9 Å². The molecule has 0 N–H and O–H groups in total. The summed E-state index contributed by atoms with van der Waals surface area (Å²) in [6.07, 6.45) is 1.85. The summed E-state index contributed by atoms with van der Waals surface area (Å²) < 4.78 is 10.4. The lowest BCUT2D eigenvalue weighted by molar-refractivity contribution is -0.147. The Morgan fingerprint density at radius 1 is 0.931 bits per heavy atom. The third kappa shape index (κ3) is 7.46. The SMILES string of the molecule is CCC(C)c1cc(C(=O)N(CC(=O)OCC(C)OC)C(C)C)cc(C(C)CC)c1. The van der Waals surface area contributed by atoms with Crippen molar-refractivity contribution in [2.45, 2.75) is 85.3 Å². The van der Waals surface area contributed by atoms with Gasteiger partial charge in [-0.05, 0) is 68.7 Å². The zero-order chi connectivity index (χ0) is 22.1. The lowest BCUT2D eigenvalue weighted by Gasteiger charge is -2.27. The molecule has 0 radical (unpaired) electrons. The zero-order valence-corrected chi connectivity index (χ0v) is 19.5. The molecule has 29 heavy (non-hydrogen) atoms. The van der Waals surface area contributed by atoms with Crippen molar-refractivity contribution in [1.29, 1.82) is 0 Å². The number of methoxy groups -OCH3 is 1. The van der Waals surface area contributed by atoms with Gasteiger partial charge in [-0.25, -0.2) is 0 Å². The topological polar surface area (TPSA) is 55.8 Å². The maximum atomic E-state index is 13.3. The van der Waals surface area contributed by atoms with E-state index in [1.165, 1.54) is 11.1 Å². The second-order valence-electron chi connectivity index (χ2n) is 8.26. The molecule has 0 aliphatic carbocycles. The Balaban J connectivity index is 3.14. The van der Waals surface area contributed by atoms with Crippen molar-refractivity contribution in [3.8, 4) is 0 Å². The highest BCUT2D eigenvalue weighted by molar-refractivity contribution is 5.96. The predicted octanol–water partition coefficient (Wildman–Crippen LogP) is 5.14. The van der Waals surface area contributed by atoms with Crippen LogP contribution in [0.3, 0.4) is 0 Å². The summed E-state index contributed by atoms with van der Waals surface area (Å²) in [5, 5.41) is 0. The van der Waals surface area contributed by atoms with Crippen LogP contribution in [-0.4, -0.2) is 49.2 Å². The van der Waals surface area contributed by atoms with E-state index in [0.717, 1.165) is 12.8 Å². The fourth-order valence-corrected chi connectivity index (χ4v) is 2.96. The Kier molecular flexibility index (Phi) is 10.4. The standard InChI is InChI=1S/C24H39NO4/c1-9-17(5)20-11-21(18(6)10-2)13-22(12-20)24(27)25(16(3)4)14-23(26)29-15-19(7)28-8/h11-13,16-19H,9-10,14-15H2,1-8H3. The molecule has 0 aliphatic rings. The molecule has 0 heterocycles. The first-order valence-corrected chi connectivity index (χ1v) is 10.8. The smallest absolute Gasteiger partial charge is 0.325 e. The van der Waals surface area contributed by atoms with Crippen molar-refractivity contribution >= 4 is 11.9 Å². The van der Waals surface area contributed by atoms with E-state index in [-0.39, 0.29) is 31.2 Å². The molecule has 0 saturated heterocycles. The van der Waals surface area contributed by atoms with Crippen LogP contribution in [0.2, 0.25) is 0 Å². The minimum Gasteiger partial charge on any atom is -0.462 e. The summed E-state index contributed by atoms with van der Waals surface area (Å²) in [6, 6.07) is 6.07. The molecule has 0 aromatic heterocycles. The molecule has 164 valence electrons. The van der Waals surface area contributed by atoms with Crippen LogP contribution in [-0.2, 0) is 14.3 Å². The molecule has 1 rings (SSSR count). The Labute approximate surface area is 176 Å². The van der Waals surface area contributed by atoms with Gasteiger partial charge in [-0.2, -0.15) is 0 Å². The van der Waals surface area contributed by atoms with Gasteiger partial charge in [0.2, 0.25) is 0 Å². The molecule has 3 atom stereocenters. The van der Waals surface area contributed by atoms with E-state index in [4.69, 9.17) is 9.47 Å². The second kappa shape index (κ2) is 12.0. The van der Waals surface area contributed by atoms with E-state index >= 15 is 0 Å². The molecule has 0 spiro atoms. The number of carbonyl (C=O) groups is 2. The molecule has 5 nitrogen and oxygen atoms in total. The van der Waals surface area contributed by atoms with Gasteiger partial charge >= 0.3 is 5.97 Å². The maximum Gasteiger partial charge on any atom is 0.325 e. The number of amides is 1. The highest BCUT2D eigenvalue weighted by Gasteiger charge is 2.24. The first kappa shape index (κ1) is 25.2. The minimum atomic E-state index is -0.420. The Morgan fingerprint density at radius 2 is 1.45 bits per heavy atom. The highest BCUT2D eigenvalue weighted by atomic mass is 16.6. The molecule has 0 aliphatic heterocycles. The fraction of sp³-hybridized carbons (Fsp3) is 0.667. The molecule has 1 aromatic carbocycles. The lowest BCUT2D eigenvalue weighted by Crippen LogP contribution is -2.41. The van der Waals surface area contributed by atoms with E-state index in [1.54, 1.807) is 12.0 Å². The van der Waals surface area contributed by atoms with Gasteiger partial charge in [0.15, 0.2) is 0 Å². The Bertz CT molecular complexity index is 643. The molecular weight excluding hydrogens is 366 g/mol. The molecule has 0 fully saturated rings. The van der Waals surface area contributed by atoms with Crippen molar-refractivity contribution in [3.63, 3.8) is 0 Å². The average molecular weight is 406 g/mol. The molecular formula is C24H39NO4. The number of ether oxygens (including phenoxy) is 2. The summed E-state index contributed by atoms with van der Waals surface area (Å²) >= 11 is 0. The Morgan fingerprint density at radius 3 is 1.86 bits per heavy atom. The van der Waals surface area contributed by atoms with Crippen molar-refractivity contribution in [2.75, 3.05) is 20.3 Å². The third-order valence-corrected chi connectivity index (χ3v) is 5.65. The largest absolute Gasteiger partial charge is 0.462 e. The number of benzene rings is 1. The van der Waals surface area contributed by atoms with Gasteiger partial charge in [-0.15, -0.1) is 0 Å². The zero-order valence-electron chi connectivity index (χ0n) is 19.5. The van der Waals surface area contributed by atoms with Crippen molar-refractivity contribution in [1.82, 2.24) is 4.90 Å².